The summed E-state index contributed by atoms with van der Waals surface area (Å²) < 4.78 is 13.0. The molecule has 0 spiro atoms. The molecule has 2 aromatic rings. The highest BCUT2D eigenvalue weighted by atomic mass is 19.1. The Morgan fingerprint density at radius 3 is 2.40 bits per heavy atom. The Kier molecular flexibility index (Phi) is 6.95. The van der Waals surface area contributed by atoms with Crippen molar-refractivity contribution >= 4 is 5.96 Å². The number of benzene rings is 2. The number of guanidine groups is 1. The van der Waals surface area contributed by atoms with Crippen LogP contribution in [0, 0.1) is 12.7 Å². The molecule has 25 heavy (non-hydrogen) atoms. The molecule has 0 saturated heterocycles. The summed E-state index contributed by atoms with van der Waals surface area (Å²) in [5, 5.41) is 13.5. The Balaban J connectivity index is 2.03. The highest BCUT2D eigenvalue weighted by Gasteiger charge is 2.10. The van der Waals surface area contributed by atoms with Gasteiger partial charge in [0.15, 0.2) is 5.96 Å². The largest absolute Gasteiger partial charge is 0.386 e. The van der Waals surface area contributed by atoms with Gasteiger partial charge in [0.2, 0.25) is 0 Å². The van der Waals surface area contributed by atoms with E-state index in [1.165, 1.54) is 23.3 Å². The summed E-state index contributed by atoms with van der Waals surface area (Å²) >= 11 is 0. The summed E-state index contributed by atoms with van der Waals surface area (Å²) in [5.41, 5.74) is 3.08. The predicted octanol–water partition coefficient (Wildman–Crippen LogP) is 3.27. The molecule has 2 N–H and O–H groups in total. The summed E-state index contributed by atoms with van der Waals surface area (Å²) in [6.45, 7) is 5.75. The molecule has 4 nitrogen and oxygen atoms in total. The maximum atomic E-state index is 13.0. The number of hydrogen-bond acceptors (Lipinski definition) is 2. The van der Waals surface area contributed by atoms with Crippen molar-refractivity contribution in [3.63, 3.8) is 0 Å². The van der Waals surface area contributed by atoms with E-state index in [9.17, 15) is 9.50 Å². The zero-order valence-electron chi connectivity index (χ0n) is 15.0. The molecular formula is C20H26FN3O. The molecule has 1 atom stereocenters. The van der Waals surface area contributed by atoms with Crippen LogP contribution in [0.4, 0.5) is 4.39 Å². The first kappa shape index (κ1) is 18.9. The van der Waals surface area contributed by atoms with Crippen molar-refractivity contribution in [2.75, 3.05) is 20.1 Å². The minimum absolute atomic E-state index is 0.214. The fraction of sp³-hybridized carbons (Fsp3) is 0.350. The van der Waals surface area contributed by atoms with E-state index in [-0.39, 0.29) is 12.4 Å². The van der Waals surface area contributed by atoms with E-state index in [4.69, 9.17) is 0 Å². The molecule has 2 rings (SSSR count). The molecule has 0 saturated carbocycles. The average Bonchev–Trinajstić information content (AvgIpc) is 2.60. The highest BCUT2D eigenvalue weighted by molar-refractivity contribution is 5.79. The van der Waals surface area contributed by atoms with Gasteiger partial charge in [-0.25, -0.2) is 4.39 Å². The molecule has 5 heteroatoms. The molecule has 0 amide bonds. The van der Waals surface area contributed by atoms with Crippen LogP contribution in [0.3, 0.4) is 0 Å². The van der Waals surface area contributed by atoms with Gasteiger partial charge < -0.3 is 15.3 Å². The van der Waals surface area contributed by atoms with Crippen LogP contribution in [-0.4, -0.2) is 36.1 Å². The monoisotopic (exact) mass is 343 g/mol. The van der Waals surface area contributed by atoms with Crippen molar-refractivity contribution in [3.05, 3.63) is 71.0 Å². The minimum atomic E-state index is -0.762. The lowest BCUT2D eigenvalue weighted by Gasteiger charge is -2.22. The van der Waals surface area contributed by atoms with Crippen molar-refractivity contribution in [2.24, 2.45) is 4.99 Å². The lowest BCUT2D eigenvalue weighted by Crippen LogP contribution is -2.38. The van der Waals surface area contributed by atoms with Crippen LogP contribution < -0.4 is 5.32 Å². The van der Waals surface area contributed by atoms with E-state index in [2.05, 4.69) is 41.5 Å². The number of hydrogen-bond donors (Lipinski definition) is 2. The summed E-state index contributed by atoms with van der Waals surface area (Å²) in [5.74, 6) is 0.412. The van der Waals surface area contributed by atoms with E-state index < -0.39 is 6.10 Å². The minimum Gasteiger partial charge on any atom is -0.386 e. The van der Waals surface area contributed by atoms with Crippen LogP contribution in [0.2, 0.25) is 0 Å². The Morgan fingerprint density at radius 2 is 1.80 bits per heavy atom. The quantitative estimate of drug-likeness (QED) is 0.625. The van der Waals surface area contributed by atoms with Crippen molar-refractivity contribution in [1.82, 2.24) is 10.2 Å². The number of aliphatic hydroxyl groups is 1. The number of rotatable bonds is 6. The summed E-state index contributed by atoms with van der Waals surface area (Å²) in [6.07, 6.45) is -0.762. The smallest absolute Gasteiger partial charge is 0.194 e. The van der Waals surface area contributed by atoms with Gasteiger partial charge in [-0.05, 0) is 37.1 Å². The molecule has 0 radical (unpaired) electrons. The van der Waals surface area contributed by atoms with Crippen LogP contribution in [-0.2, 0) is 6.54 Å². The third-order valence-corrected chi connectivity index (χ3v) is 3.91. The van der Waals surface area contributed by atoms with Crippen LogP contribution >= 0.6 is 0 Å². The van der Waals surface area contributed by atoms with E-state index >= 15 is 0 Å². The van der Waals surface area contributed by atoms with E-state index in [0.29, 0.717) is 5.56 Å². The molecule has 0 fully saturated rings. The molecule has 0 aliphatic rings. The molecule has 0 aromatic heterocycles. The first-order chi connectivity index (χ1) is 12.0. The third kappa shape index (κ3) is 5.87. The maximum absolute atomic E-state index is 13.0. The molecular weight excluding hydrogens is 317 g/mol. The Labute approximate surface area is 149 Å². The number of nitrogens with zero attached hydrogens (tertiary/aromatic N) is 2. The second-order valence-electron chi connectivity index (χ2n) is 6.10. The van der Waals surface area contributed by atoms with Gasteiger partial charge in [0.25, 0.3) is 0 Å². The average molecular weight is 343 g/mol. The van der Waals surface area contributed by atoms with Crippen molar-refractivity contribution in [3.8, 4) is 0 Å². The first-order valence-corrected chi connectivity index (χ1v) is 8.48. The van der Waals surface area contributed by atoms with Gasteiger partial charge in [-0.1, -0.05) is 42.0 Å². The molecule has 0 aliphatic heterocycles. The van der Waals surface area contributed by atoms with Gasteiger partial charge in [-0.15, -0.1) is 0 Å². The van der Waals surface area contributed by atoms with Gasteiger partial charge in [-0.3, -0.25) is 4.99 Å². The fourth-order valence-electron chi connectivity index (χ4n) is 2.48. The van der Waals surface area contributed by atoms with E-state index in [1.807, 2.05) is 18.9 Å². The molecule has 0 heterocycles. The topological polar surface area (TPSA) is 47.9 Å². The zero-order valence-corrected chi connectivity index (χ0v) is 15.0. The summed E-state index contributed by atoms with van der Waals surface area (Å²) in [6, 6.07) is 14.2. The van der Waals surface area contributed by atoms with Crippen molar-refractivity contribution in [2.45, 2.75) is 26.5 Å². The molecule has 0 aliphatic carbocycles. The van der Waals surface area contributed by atoms with Crippen LogP contribution in [0.1, 0.15) is 29.7 Å². The second kappa shape index (κ2) is 9.18. The second-order valence-corrected chi connectivity index (χ2v) is 6.10. The van der Waals surface area contributed by atoms with Crippen molar-refractivity contribution < 1.29 is 9.50 Å². The number of halogens is 1. The standard InChI is InChI=1S/C20H26FN3O/c1-4-22-20(24(3)14-16-7-5-15(2)6-8-16)23-13-19(25)17-9-11-18(21)12-10-17/h5-12,19,25H,4,13-14H2,1-3H3,(H,22,23). The van der Waals surface area contributed by atoms with Crippen LogP contribution in [0.5, 0.6) is 0 Å². The summed E-state index contributed by atoms with van der Waals surface area (Å²) in [4.78, 5) is 6.53. The Morgan fingerprint density at radius 1 is 1.16 bits per heavy atom. The van der Waals surface area contributed by atoms with Gasteiger partial charge >= 0.3 is 0 Å². The van der Waals surface area contributed by atoms with Crippen molar-refractivity contribution in [1.29, 1.82) is 0 Å². The number of nitrogens with one attached hydrogen (secondary N) is 1. The van der Waals surface area contributed by atoms with Crippen LogP contribution in [0.25, 0.3) is 0 Å². The molecule has 1 unspecified atom stereocenters. The lowest BCUT2D eigenvalue weighted by atomic mass is 10.1. The lowest BCUT2D eigenvalue weighted by molar-refractivity contribution is 0.186. The maximum Gasteiger partial charge on any atom is 0.194 e. The van der Waals surface area contributed by atoms with Gasteiger partial charge in [0.1, 0.15) is 5.82 Å². The fourth-order valence-corrected chi connectivity index (χ4v) is 2.48. The Bertz CT molecular complexity index is 683. The third-order valence-electron chi connectivity index (χ3n) is 3.91. The van der Waals surface area contributed by atoms with E-state index in [0.717, 1.165) is 19.0 Å². The molecule has 134 valence electrons. The number of aliphatic hydroxyl groups excluding tert-OH is 1. The van der Waals surface area contributed by atoms with E-state index in [1.54, 1.807) is 12.1 Å². The zero-order chi connectivity index (χ0) is 18.2. The van der Waals surface area contributed by atoms with Gasteiger partial charge in [-0.2, -0.15) is 0 Å². The molecule has 0 bridgehead atoms. The van der Waals surface area contributed by atoms with Crippen LogP contribution in [0.15, 0.2) is 53.5 Å². The predicted molar refractivity (Wildman–Crippen MR) is 100.0 cm³/mol. The number of aryl methyl sites for hydroxylation is 1. The highest BCUT2D eigenvalue weighted by Crippen LogP contribution is 2.14. The molecule has 2 aromatic carbocycles. The first-order valence-electron chi connectivity index (χ1n) is 8.48. The summed E-state index contributed by atoms with van der Waals surface area (Å²) in [7, 11) is 1.96. The number of aliphatic imine (C=N–C) groups is 1. The normalized spacial score (nSPS) is 12.8. The van der Waals surface area contributed by atoms with Gasteiger partial charge in [0.05, 0.1) is 12.6 Å². The SMILES string of the molecule is CCNC(=NCC(O)c1ccc(F)cc1)N(C)Cc1ccc(C)cc1. The van der Waals surface area contributed by atoms with Gasteiger partial charge in [0, 0.05) is 20.1 Å². The Hall–Kier alpha value is -2.40.